The second-order valence-corrected chi connectivity index (χ2v) is 8.79. The molecule has 1 atom stereocenters. The molecular weight excluding hydrogens is 430 g/mol. The maximum atomic E-state index is 12.7. The van der Waals surface area contributed by atoms with Crippen LogP contribution in [0.25, 0.3) is 0 Å². The second kappa shape index (κ2) is 8.76. The van der Waals surface area contributed by atoms with Crippen LogP contribution in [0.15, 0.2) is 58.5 Å². The molecule has 0 saturated heterocycles. The molecule has 30 heavy (non-hydrogen) atoms. The number of amidine groups is 1. The number of hydrogen-bond acceptors (Lipinski definition) is 8. The second-order valence-electron chi connectivity index (χ2n) is 6.17. The summed E-state index contributed by atoms with van der Waals surface area (Å²) in [4.78, 5) is 23.5. The Hall–Kier alpha value is -3.05. The largest absolute Gasteiger partial charge is 0.497 e. The number of hydrogen-bond donors (Lipinski definition) is 1. The summed E-state index contributed by atoms with van der Waals surface area (Å²) in [5, 5.41) is 7.25. The van der Waals surface area contributed by atoms with Crippen LogP contribution in [0.3, 0.4) is 0 Å². The predicted octanol–water partition coefficient (Wildman–Crippen LogP) is 2.46. The molecule has 2 aromatic rings. The molecular formula is C19H19N3O6S2. The Bertz CT molecular complexity index is 1100. The topological polar surface area (TPSA) is 114 Å². The van der Waals surface area contributed by atoms with Gasteiger partial charge in [-0.05, 0) is 30.3 Å². The standard InChI is InChI=1S/C19H19N3O6S2/c1-12(23)20-19-21-22(13(2)24)18(29-19)16-11-14(27-3)9-10-17(16)28-30(25,26)15-7-5-4-6-8-15/h4-11,18H,1-3H3,(H,20,21,23)/t18-/m1/s1. The van der Waals surface area contributed by atoms with Crippen LogP contribution in [0.2, 0.25) is 0 Å². The van der Waals surface area contributed by atoms with Crippen molar-refractivity contribution >= 4 is 38.9 Å². The minimum Gasteiger partial charge on any atom is -0.497 e. The lowest BCUT2D eigenvalue weighted by Crippen LogP contribution is -2.25. The number of benzene rings is 2. The van der Waals surface area contributed by atoms with Crippen molar-refractivity contribution in [3.8, 4) is 11.5 Å². The molecule has 1 aliphatic heterocycles. The molecule has 2 aromatic carbocycles. The smallest absolute Gasteiger partial charge is 0.339 e. The molecule has 0 spiro atoms. The van der Waals surface area contributed by atoms with Gasteiger partial charge in [-0.1, -0.05) is 30.0 Å². The third-order valence-corrected chi connectivity index (χ3v) is 6.30. The van der Waals surface area contributed by atoms with Gasteiger partial charge in [0.2, 0.25) is 11.8 Å². The van der Waals surface area contributed by atoms with Gasteiger partial charge in [0, 0.05) is 19.4 Å². The first-order valence-corrected chi connectivity index (χ1v) is 11.0. The fourth-order valence-electron chi connectivity index (χ4n) is 2.64. The average Bonchev–Trinajstić information content (AvgIpc) is 3.12. The molecule has 0 aromatic heterocycles. The summed E-state index contributed by atoms with van der Waals surface area (Å²) in [7, 11) is -2.65. The summed E-state index contributed by atoms with van der Waals surface area (Å²) in [6, 6.07) is 12.3. The van der Waals surface area contributed by atoms with E-state index in [9.17, 15) is 18.0 Å². The zero-order valence-electron chi connectivity index (χ0n) is 16.4. The lowest BCUT2D eigenvalue weighted by atomic mass is 10.2. The van der Waals surface area contributed by atoms with Crippen molar-refractivity contribution in [2.45, 2.75) is 24.1 Å². The highest BCUT2D eigenvalue weighted by atomic mass is 32.2. The van der Waals surface area contributed by atoms with Crippen molar-refractivity contribution in [2.24, 2.45) is 5.10 Å². The third kappa shape index (κ3) is 4.74. The number of thioether (sulfide) groups is 1. The number of carbonyl (C=O) groups is 2. The Labute approximate surface area is 178 Å². The molecule has 1 aliphatic rings. The Kier molecular flexibility index (Phi) is 6.32. The molecule has 2 amide bonds. The van der Waals surface area contributed by atoms with Crippen LogP contribution in [-0.4, -0.2) is 37.5 Å². The van der Waals surface area contributed by atoms with Crippen LogP contribution in [-0.2, 0) is 19.7 Å². The third-order valence-electron chi connectivity index (χ3n) is 3.96. The number of methoxy groups -OCH3 is 1. The van der Waals surface area contributed by atoms with E-state index in [4.69, 9.17) is 8.92 Å². The van der Waals surface area contributed by atoms with Gasteiger partial charge in [-0.15, -0.1) is 5.10 Å². The van der Waals surface area contributed by atoms with Crippen molar-refractivity contribution < 1.29 is 26.9 Å². The lowest BCUT2D eigenvalue weighted by molar-refractivity contribution is -0.129. The highest BCUT2D eigenvalue weighted by molar-refractivity contribution is 8.14. The Morgan fingerprint density at radius 2 is 1.83 bits per heavy atom. The van der Waals surface area contributed by atoms with E-state index in [-0.39, 0.29) is 21.7 Å². The van der Waals surface area contributed by atoms with E-state index in [0.717, 1.165) is 16.8 Å². The minimum absolute atomic E-state index is 0.00977. The maximum Gasteiger partial charge on any atom is 0.339 e. The van der Waals surface area contributed by atoms with E-state index in [2.05, 4.69) is 10.4 Å². The Balaban J connectivity index is 2.02. The number of ether oxygens (including phenoxy) is 1. The van der Waals surface area contributed by atoms with Crippen LogP contribution < -0.4 is 14.2 Å². The minimum atomic E-state index is -4.12. The van der Waals surface area contributed by atoms with E-state index in [1.807, 2.05) is 0 Å². The lowest BCUT2D eigenvalue weighted by Gasteiger charge is -2.22. The SMILES string of the molecule is COc1ccc(OS(=O)(=O)c2ccccc2)c([C@H]2SC(NC(C)=O)=NN2C(C)=O)c1. The summed E-state index contributed by atoms with van der Waals surface area (Å²) >= 11 is 1.08. The number of carbonyl (C=O) groups excluding carboxylic acids is 2. The predicted molar refractivity (Wildman–Crippen MR) is 111 cm³/mol. The highest BCUT2D eigenvalue weighted by Gasteiger charge is 2.35. The molecule has 11 heteroatoms. The monoisotopic (exact) mass is 449 g/mol. The zero-order chi connectivity index (χ0) is 21.9. The first-order valence-electron chi connectivity index (χ1n) is 8.71. The first kappa shape index (κ1) is 21.7. The number of hydrazone groups is 1. The maximum absolute atomic E-state index is 12.7. The van der Waals surface area contributed by atoms with Gasteiger partial charge in [-0.2, -0.15) is 8.42 Å². The van der Waals surface area contributed by atoms with Gasteiger partial charge in [0.15, 0.2) is 5.17 Å². The molecule has 9 nitrogen and oxygen atoms in total. The van der Waals surface area contributed by atoms with Gasteiger partial charge in [-0.25, -0.2) is 5.01 Å². The van der Waals surface area contributed by atoms with Crippen molar-refractivity contribution in [3.05, 3.63) is 54.1 Å². The highest BCUT2D eigenvalue weighted by Crippen LogP contribution is 2.44. The van der Waals surface area contributed by atoms with Crippen LogP contribution in [0.1, 0.15) is 24.8 Å². The molecule has 0 fully saturated rings. The summed E-state index contributed by atoms with van der Waals surface area (Å²) in [6.45, 7) is 2.64. The van der Waals surface area contributed by atoms with Crippen LogP contribution in [0.4, 0.5) is 0 Å². The Morgan fingerprint density at radius 3 is 2.43 bits per heavy atom. The molecule has 3 rings (SSSR count). The average molecular weight is 450 g/mol. The molecule has 0 aliphatic carbocycles. The van der Waals surface area contributed by atoms with E-state index < -0.39 is 21.4 Å². The fourth-order valence-corrected chi connectivity index (χ4v) is 4.77. The number of rotatable bonds is 5. The molecule has 0 bridgehead atoms. The van der Waals surface area contributed by atoms with Gasteiger partial charge in [-0.3, -0.25) is 9.59 Å². The van der Waals surface area contributed by atoms with Gasteiger partial charge < -0.3 is 14.2 Å². The quantitative estimate of drug-likeness (QED) is 0.698. The van der Waals surface area contributed by atoms with E-state index in [0.29, 0.717) is 11.3 Å². The van der Waals surface area contributed by atoms with Gasteiger partial charge in [0.1, 0.15) is 21.8 Å². The summed E-state index contributed by atoms with van der Waals surface area (Å²) < 4.78 is 36.1. The summed E-state index contributed by atoms with van der Waals surface area (Å²) in [6.07, 6.45) is 0. The number of amides is 2. The van der Waals surface area contributed by atoms with Crippen LogP contribution in [0, 0.1) is 0 Å². The molecule has 158 valence electrons. The number of nitrogens with zero attached hydrogens (tertiary/aromatic N) is 2. The van der Waals surface area contributed by atoms with Crippen molar-refractivity contribution in [1.29, 1.82) is 0 Å². The molecule has 0 radical (unpaired) electrons. The summed E-state index contributed by atoms with van der Waals surface area (Å²) in [5.41, 5.74) is 0.346. The molecule has 0 unspecified atom stereocenters. The molecule has 1 N–H and O–H groups in total. The van der Waals surface area contributed by atoms with Crippen LogP contribution >= 0.6 is 11.8 Å². The fraction of sp³-hybridized carbons (Fsp3) is 0.211. The van der Waals surface area contributed by atoms with E-state index in [1.165, 1.54) is 39.2 Å². The van der Waals surface area contributed by atoms with Crippen molar-refractivity contribution in [3.63, 3.8) is 0 Å². The number of nitrogens with one attached hydrogen (secondary N) is 1. The normalized spacial score (nSPS) is 16.0. The van der Waals surface area contributed by atoms with Gasteiger partial charge in [0.25, 0.3) is 0 Å². The van der Waals surface area contributed by atoms with Crippen molar-refractivity contribution in [2.75, 3.05) is 7.11 Å². The van der Waals surface area contributed by atoms with Crippen LogP contribution in [0.5, 0.6) is 11.5 Å². The van der Waals surface area contributed by atoms with E-state index in [1.54, 1.807) is 30.3 Å². The molecule has 1 heterocycles. The van der Waals surface area contributed by atoms with Gasteiger partial charge in [0.05, 0.1) is 7.11 Å². The summed E-state index contributed by atoms with van der Waals surface area (Å²) in [5.74, 6) is -0.291. The zero-order valence-corrected chi connectivity index (χ0v) is 18.0. The van der Waals surface area contributed by atoms with Crippen molar-refractivity contribution in [1.82, 2.24) is 10.3 Å². The Morgan fingerprint density at radius 1 is 1.13 bits per heavy atom. The molecule has 0 saturated carbocycles. The first-order chi connectivity index (χ1) is 14.2. The van der Waals surface area contributed by atoms with Gasteiger partial charge >= 0.3 is 10.1 Å². The van der Waals surface area contributed by atoms with E-state index >= 15 is 0 Å².